The number of aliphatic hydroxyl groups is 1. The quantitative estimate of drug-likeness (QED) is 0.633. The summed E-state index contributed by atoms with van der Waals surface area (Å²) in [4.78, 5) is 0. The SMILES string of the molecule is C=C(O)Nc1ccc(C)cc1. The molecule has 0 aliphatic rings. The molecule has 0 saturated carbocycles. The van der Waals surface area contributed by atoms with Gasteiger partial charge in [-0.1, -0.05) is 17.7 Å². The second-order valence-corrected chi connectivity index (χ2v) is 2.44. The van der Waals surface area contributed by atoms with Crippen LogP contribution in [0.3, 0.4) is 0 Å². The molecule has 58 valence electrons. The van der Waals surface area contributed by atoms with Crippen molar-refractivity contribution in [3.63, 3.8) is 0 Å². The average molecular weight is 149 g/mol. The number of rotatable bonds is 2. The first-order valence-electron chi connectivity index (χ1n) is 3.40. The van der Waals surface area contributed by atoms with E-state index in [4.69, 9.17) is 5.11 Å². The van der Waals surface area contributed by atoms with Crippen LogP contribution in [0.15, 0.2) is 36.7 Å². The number of hydrogen-bond donors (Lipinski definition) is 2. The number of aryl methyl sites for hydroxylation is 1. The van der Waals surface area contributed by atoms with E-state index in [0.29, 0.717) is 0 Å². The molecule has 0 aliphatic carbocycles. The van der Waals surface area contributed by atoms with Crippen molar-refractivity contribution in [3.8, 4) is 0 Å². The van der Waals surface area contributed by atoms with Crippen molar-refractivity contribution in [2.75, 3.05) is 5.32 Å². The highest BCUT2D eigenvalue weighted by atomic mass is 16.3. The fourth-order valence-electron chi connectivity index (χ4n) is 0.804. The third-order valence-electron chi connectivity index (χ3n) is 1.34. The molecular formula is C9H11NO. The van der Waals surface area contributed by atoms with Gasteiger partial charge in [-0.15, -0.1) is 0 Å². The molecule has 0 atom stereocenters. The molecule has 0 radical (unpaired) electrons. The Morgan fingerprint density at radius 1 is 1.36 bits per heavy atom. The van der Waals surface area contributed by atoms with E-state index < -0.39 is 0 Å². The molecule has 0 aromatic heterocycles. The molecule has 2 heteroatoms. The number of anilines is 1. The van der Waals surface area contributed by atoms with Gasteiger partial charge in [0, 0.05) is 5.69 Å². The molecule has 1 aromatic rings. The van der Waals surface area contributed by atoms with Crippen LogP contribution in [0.1, 0.15) is 5.56 Å². The molecule has 2 N–H and O–H groups in total. The molecule has 0 fully saturated rings. The first-order valence-corrected chi connectivity index (χ1v) is 3.40. The van der Waals surface area contributed by atoms with Gasteiger partial charge in [0.2, 0.25) is 0 Å². The molecule has 11 heavy (non-hydrogen) atoms. The predicted molar refractivity (Wildman–Crippen MR) is 46.6 cm³/mol. The van der Waals surface area contributed by atoms with Crippen LogP contribution < -0.4 is 5.32 Å². The standard InChI is InChI=1S/C9H11NO/c1-7-3-5-9(6-4-7)10-8(2)11/h3-6,10-11H,2H2,1H3. The van der Waals surface area contributed by atoms with Gasteiger partial charge in [0.1, 0.15) is 0 Å². The third kappa shape index (κ3) is 2.34. The van der Waals surface area contributed by atoms with Crippen molar-refractivity contribution in [2.45, 2.75) is 6.92 Å². The first kappa shape index (κ1) is 7.66. The fraction of sp³-hybridized carbons (Fsp3) is 0.111. The molecule has 1 aromatic carbocycles. The van der Waals surface area contributed by atoms with Gasteiger partial charge in [-0.3, -0.25) is 0 Å². The Morgan fingerprint density at radius 3 is 2.36 bits per heavy atom. The van der Waals surface area contributed by atoms with E-state index in [2.05, 4.69) is 11.9 Å². The van der Waals surface area contributed by atoms with Crippen molar-refractivity contribution < 1.29 is 5.11 Å². The summed E-state index contributed by atoms with van der Waals surface area (Å²) in [5.41, 5.74) is 2.04. The van der Waals surface area contributed by atoms with Crippen molar-refractivity contribution in [2.24, 2.45) is 0 Å². The summed E-state index contributed by atoms with van der Waals surface area (Å²) in [6.07, 6.45) is 0. The van der Waals surface area contributed by atoms with Crippen LogP contribution in [0.25, 0.3) is 0 Å². The second-order valence-electron chi connectivity index (χ2n) is 2.44. The van der Waals surface area contributed by atoms with Gasteiger partial charge >= 0.3 is 0 Å². The fourth-order valence-corrected chi connectivity index (χ4v) is 0.804. The maximum Gasteiger partial charge on any atom is 0.181 e. The van der Waals surface area contributed by atoms with Crippen LogP contribution in [0.2, 0.25) is 0 Å². The van der Waals surface area contributed by atoms with Crippen molar-refractivity contribution in [1.82, 2.24) is 0 Å². The zero-order chi connectivity index (χ0) is 8.27. The minimum absolute atomic E-state index is 0.0335. The molecule has 0 unspecified atom stereocenters. The van der Waals surface area contributed by atoms with Gasteiger partial charge in [0.15, 0.2) is 5.88 Å². The predicted octanol–water partition coefficient (Wildman–Crippen LogP) is 2.44. The van der Waals surface area contributed by atoms with E-state index in [0.717, 1.165) is 5.69 Å². The smallest absolute Gasteiger partial charge is 0.181 e. The Hall–Kier alpha value is -1.44. The van der Waals surface area contributed by atoms with Crippen LogP contribution in [0, 0.1) is 6.92 Å². The van der Waals surface area contributed by atoms with Crippen LogP contribution in [0.5, 0.6) is 0 Å². The molecule has 0 aliphatic heterocycles. The van der Waals surface area contributed by atoms with E-state index in [1.54, 1.807) is 0 Å². The van der Waals surface area contributed by atoms with E-state index >= 15 is 0 Å². The lowest BCUT2D eigenvalue weighted by Gasteiger charge is -2.02. The van der Waals surface area contributed by atoms with Crippen molar-refractivity contribution in [3.05, 3.63) is 42.3 Å². The topological polar surface area (TPSA) is 32.3 Å². The largest absolute Gasteiger partial charge is 0.495 e. The highest BCUT2D eigenvalue weighted by molar-refractivity contribution is 5.47. The van der Waals surface area contributed by atoms with Crippen molar-refractivity contribution in [1.29, 1.82) is 0 Å². The Bertz CT molecular complexity index is 251. The minimum Gasteiger partial charge on any atom is -0.495 e. The maximum absolute atomic E-state index is 8.77. The van der Waals surface area contributed by atoms with Crippen LogP contribution in [-0.2, 0) is 0 Å². The summed E-state index contributed by atoms with van der Waals surface area (Å²) in [5.74, 6) is -0.0335. The van der Waals surface area contributed by atoms with Gasteiger partial charge in [0.05, 0.1) is 0 Å². The lowest BCUT2D eigenvalue weighted by atomic mass is 10.2. The van der Waals surface area contributed by atoms with Gasteiger partial charge in [0.25, 0.3) is 0 Å². The zero-order valence-electron chi connectivity index (χ0n) is 6.46. The van der Waals surface area contributed by atoms with Gasteiger partial charge < -0.3 is 10.4 Å². The highest BCUT2D eigenvalue weighted by Crippen LogP contribution is 2.09. The van der Waals surface area contributed by atoms with E-state index in [1.165, 1.54) is 5.56 Å². The van der Waals surface area contributed by atoms with E-state index in [1.807, 2.05) is 31.2 Å². The summed E-state index contributed by atoms with van der Waals surface area (Å²) in [7, 11) is 0. The Kier molecular flexibility index (Phi) is 2.16. The minimum atomic E-state index is -0.0335. The Balaban J connectivity index is 2.74. The number of benzene rings is 1. The summed E-state index contributed by atoms with van der Waals surface area (Å²) < 4.78 is 0. The number of aliphatic hydroxyl groups excluding tert-OH is 1. The Morgan fingerprint density at radius 2 is 1.91 bits per heavy atom. The lowest BCUT2D eigenvalue weighted by Crippen LogP contribution is -1.95. The molecule has 0 spiro atoms. The van der Waals surface area contributed by atoms with Crippen LogP contribution >= 0.6 is 0 Å². The van der Waals surface area contributed by atoms with E-state index in [9.17, 15) is 0 Å². The zero-order valence-corrected chi connectivity index (χ0v) is 6.46. The maximum atomic E-state index is 8.77. The highest BCUT2D eigenvalue weighted by Gasteiger charge is 1.90. The summed E-state index contributed by atoms with van der Waals surface area (Å²) >= 11 is 0. The van der Waals surface area contributed by atoms with Gasteiger partial charge in [-0.25, -0.2) is 0 Å². The summed E-state index contributed by atoms with van der Waals surface area (Å²) in [6.45, 7) is 5.33. The normalized spacial score (nSPS) is 9.18. The van der Waals surface area contributed by atoms with Gasteiger partial charge in [-0.05, 0) is 25.6 Å². The Labute approximate surface area is 66.2 Å². The molecular weight excluding hydrogens is 138 g/mol. The molecule has 0 amide bonds. The van der Waals surface area contributed by atoms with Crippen molar-refractivity contribution >= 4 is 5.69 Å². The number of hydrogen-bond acceptors (Lipinski definition) is 2. The third-order valence-corrected chi connectivity index (χ3v) is 1.34. The lowest BCUT2D eigenvalue weighted by molar-refractivity contribution is 0.422. The molecule has 0 bridgehead atoms. The molecule has 0 saturated heterocycles. The van der Waals surface area contributed by atoms with Crippen LogP contribution in [-0.4, -0.2) is 5.11 Å². The number of nitrogens with one attached hydrogen (secondary N) is 1. The van der Waals surface area contributed by atoms with E-state index in [-0.39, 0.29) is 5.88 Å². The molecule has 2 nitrogen and oxygen atoms in total. The monoisotopic (exact) mass is 149 g/mol. The summed E-state index contributed by atoms with van der Waals surface area (Å²) in [5, 5.41) is 11.5. The summed E-state index contributed by atoms with van der Waals surface area (Å²) in [6, 6.07) is 7.70. The second kappa shape index (κ2) is 3.10. The first-order chi connectivity index (χ1) is 5.18. The average Bonchev–Trinajstić information content (AvgIpc) is 1.93. The van der Waals surface area contributed by atoms with Gasteiger partial charge in [-0.2, -0.15) is 0 Å². The molecule has 1 rings (SSSR count). The molecule has 0 heterocycles. The van der Waals surface area contributed by atoms with Crippen LogP contribution in [0.4, 0.5) is 5.69 Å².